The summed E-state index contributed by atoms with van der Waals surface area (Å²) in [7, 11) is -12.1. The van der Waals surface area contributed by atoms with E-state index in [-0.39, 0.29) is 0 Å². The van der Waals surface area contributed by atoms with Gasteiger partial charge >= 0.3 is 0 Å². The molecule has 0 radical (unpaired) electrons. The summed E-state index contributed by atoms with van der Waals surface area (Å²) in [4.78, 5) is 38.2. The maximum Gasteiger partial charge on any atom is 0.267 e. The summed E-state index contributed by atoms with van der Waals surface area (Å²) in [5.74, 6) is -4.73. The Balaban J connectivity index is 3.43. The number of amides is 3. The van der Waals surface area contributed by atoms with Crippen molar-refractivity contribution in [2.45, 2.75) is 20.8 Å². The molecule has 0 aromatic heterocycles. The Hall–Kier alpha value is -2.52. The fourth-order valence-corrected chi connectivity index (χ4v) is 4.82. The number of hydrogen-bond donors (Lipinski definition) is 0. The Morgan fingerprint density at radius 1 is 0.545 bits per heavy atom. The van der Waals surface area contributed by atoms with E-state index in [1.807, 2.05) is 0 Å². The second-order valence-electron chi connectivity index (χ2n) is 6.94. The van der Waals surface area contributed by atoms with Gasteiger partial charge in [0.15, 0.2) is 29.5 Å². The molecule has 1 aliphatic rings. The van der Waals surface area contributed by atoms with Crippen molar-refractivity contribution in [1.82, 2.24) is 14.7 Å². The van der Waals surface area contributed by atoms with E-state index in [2.05, 4.69) is 19.7 Å². The fraction of sp³-hybridized carbons (Fsp3) is 0.500. The lowest BCUT2D eigenvalue weighted by molar-refractivity contribution is -0.152. The van der Waals surface area contributed by atoms with Crippen LogP contribution in [0, 0.1) is 0 Å². The average molecular weight is 526 g/mol. The third-order valence-electron chi connectivity index (χ3n) is 4.87. The number of hydrogen-bond acceptors (Lipinski definition) is 9. The minimum absolute atomic E-state index is 0.437. The highest BCUT2D eigenvalue weighted by Crippen LogP contribution is 2.20. The molecule has 186 valence electrons. The second kappa shape index (κ2) is 10.2. The van der Waals surface area contributed by atoms with Crippen LogP contribution in [0.1, 0.15) is 20.8 Å². The first kappa shape index (κ1) is 28.5. The minimum Gasteiger partial charge on any atom is -0.302 e. The zero-order valence-corrected chi connectivity index (χ0v) is 21.1. The van der Waals surface area contributed by atoms with Crippen LogP contribution in [-0.4, -0.2) is 94.9 Å². The van der Waals surface area contributed by atoms with Crippen LogP contribution >= 0.6 is 0 Å². The lowest BCUT2D eigenvalue weighted by Crippen LogP contribution is -2.60. The van der Waals surface area contributed by atoms with Gasteiger partial charge in [0.25, 0.3) is 17.7 Å². The number of carbonyl (C=O) groups is 3. The van der Waals surface area contributed by atoms with Gasteiger partial charge < -0.3 is 14.7 Å². The van der Waals surface area contributed by atoms with Gasteiger partial charge in [-0.15, -0.1) is 0 Å². The molecule has 0 aromatic rings. The molecule has 0 unspecified atom stereocenters. The summed E-state index contributed by atoms with van der Waals surface area (Å²) in [6.45, 7) is 11.9. The molecule has 0 aliphatic carbocycles. The van der Waals surface area contributed by atoms with Gasteiger partial charge in [0, 0.05) is 0 Å². The van der Waals surface area contributed by atoms with Gasteiger partial charge in [-0.25, -0.2) is 25.3 Å². The normalized spacial score (nSPS) is 15.2. The van der Waals surface area contributed by atoms with Crippen LogP contribution in [0.15, 0.2) is 34.5 Å². The molecule has 15 heteroatoms. The highest BCUT2D eigenvalue weighted by Gasteiger charge is 2.38. The molecule has 1 heterocycles. The molecule has 0 bridgehead atoms. The molecule has 1 rings (SSSR count). The molecule has 0 aromatic carbocycles. The highest BCUT2D eigenvalue weighted by atomic mass is 32.2. The van der Waals surface area contributed by atoms with Gasteiger partial charge in [-0.3, -0.25) is 14.4 Å². The van der Waals surface area contributed by atoms with Gasteiger partial charge in [0.05, 0.1) is 37.3 Å². The lowest BCUT2D eigenvalue weighted by Gasteiger charge is -2.42. The lowest BCUT2D eigenvalue weighted by atomic mass is 10.4. The number of sulfone groups is 3. The molecular weight excluding hydrogens is 498 g/mol. The smallest absolute Gasteiger partial charge is 0.267 e. The first-order chi connectivity index (χ1) is 15.0. The second-order valence-corrected chi connectivity index (χ2v) is 13.8. The van der Waals surface area contributed by atoms with E-state index in [1.165, 1.54) is 20.8 Å². The van der Waals surface area contributed by atoms with Gasteiger partial charge in [-0.1, -0.05) is 40.5 Å². The van der Waals surface area contributed by atoms with Gasteiger partial charge in [0.1, 0.15) is 14.7 Å². The van der Waals surface area contributed by atoms with Crippen LogP contribution in [0.25, 0.3) is 0 Å². The molecule has 0 saturated carbocycles. The highest BCUT2D eigenvalue weighted by molar-refractivity contribution is 7.96. The molecule has 1 aliphatic heterocycles. The molecular formula is C18H27N3O9S3. The number of carbonyl (C=O) groups excluding carboxylic acids is 3. The van der Waals surface area contributed by atoms with Crippen LogP contribution in [0.3, 0.4) is 0 Å². The molecule has 12 nitrogen and oxygen atoms in total. The van der Waals surface area contributed by atoms with E-state index in [0.29, 0.717) is 0 Å². The summed E-state index contributed by atoms with van der Waals surface area (Å²) < 4.78 is 72.5. The van der Waals surface area contributed by atoms with Crippen molar-refractivity contribution in [2.24, 2.45) is 0 Å². The Kier molecular flexibility index (Phi) is 8.79. The topological polar surface area (TPSA) is 163 Å². The van der Waals surface area contributed by atoms with Crippen LogP contribution in [0.5, 0.6) is 0 Å². The maximum atomic E-state index is 12.8. The van der Waals surface area contributed by atoms with Crippen LogP contribution in [0.2, 0.25) is 0 Å². The van der Waals surface area contributed by atoms with Crippen molar-refractivity contribution in [3.63, 3.8) is 0 Å². The predicted molar refractivity (Wildman–Crippen MR) is 121 cm³/mol. The molecule has 0 N–H and O–H groups in total. The largest absolute Gasteiger partial charge is 0.302 e. The first-order valence-electron chi connectivity index (χ1n) is 9.59. The summed E-state index contributed by atoms with van der Waals surface area (Å²) >= 11 is 0. The minimum atomic E-state index is -4.03. The zero-order valence-electron chi connectivity index (χ0n) is 18.6. The third kappa shape index (κ3) is 6.09. The standard InChI is InChI=1S/C18H27N3O9S3/c1-7-31(25,26)13(4)16(22)19-10-20(17(23)14(5)32(27,28)8-2)12-21(11-19)18(24)15(6)33(29,30)9-3/h4-12H2,1-3H3. The van der Waals surface area contributed by atoms with Gasteiger partial charge in [-0.05, 0) is 0 Å². The van der Waals surface area contributed by atoms with Crippen LogP contribution in [0.4, 0.5) is 0 Å². The van der Waals surface area contributed by atoms with E-state index in [9.17, 15) is 39.6 Å². The predicted octanol–water partition coefficient (Wildman–Crippen LogP) is -0.796. The Morgan fingerprint density at radius 3 is 0.879 bits per heavy atom. The SMILES string of the molecule is C=C(C(=O)N1CN(C(=O)C(=C)S(=O)(=O)CC)CN(C(=O)C(=C)S(=O)(=O)CC)C1)S(=O)(=O)CC. The zero-order chi connectivity index (χ0) is 25.9. The Bertz CT molecular complexity index is 1060. The van der Waals surface area contributed by atoms with Crippen LogP contribution < -0.4 is 0 Å². The van der Waals surface area contributed by atoms with Crippen molar-refractivity contribution in [3.05, 3.63) is 34.5 Å². The quantitative estimate of drug-likeness (QED) is 0.351. The van der Waals surface area contributed by atoms with E-state index in [0.717, 1.165) is 14.7 Å². The molecule has 3 amide bonds. The summed E-state index contributed by atoms with van der Waals surface area (Å²) in [5, 5.41) is 0. The summed E-state index contributed by atoms with van der Waals surface area (Å²) in [6, 6.07) is 0. The van der Waals surface area contributed by atoms with Gasteiger partial charge in [0.2, 0.25) is 0 Å². The Morgan fingerprint density at radius 2 is 0.727 bits per heavy atom. The maximum absolute atomic E-state index is 12.8. The van der Waals surface area contributed by atoms with E-state index < -0.39 is 99.2 Å². The van der Waals surface area contributed by atoms with Crippen molar-refractivity contribution < 1.29 is 39.6 Å². The van der Waals surface area contributed by atoms with E-state index in [4.69, 9.17) is 0 Å². The molecule has 1 saturated heterocycles. The van der Waals surface area contributed by atoms with Gasteiger partial charge in [-0.2, -0.15) is 0 Å². The molecule has 1 fully saturated rings. The summed E-state index contributed by atoms with van der Waals surface area (Å²) in [6.07, 6.45) is 0. The summed E-state index contributed by atoms with van der Waals surface area (Å²) in [5.41, 5.74) is 0. The fourth-order valence-electron chi connectivity index (χ4n) is 2.59. The van der Waals surface area contributed by atoms with Crippen molar-refractivity contribution in [1.29, 1.82) is 0 Å². The molecule has 0 spiro atoms. The van der Waals surface area contributed by atoms with Crippen LogP contribution in [-0.2, 0) is 43.9 Å². The van der Waals surface area contributed by atoms with Crippen molar-refractivity contribution in [3.8, 4) is 0 Å². The average Bonchev–Trinajstić information content (AvgIpc) is 2.80. The van der Waals surface area contributed by atoms with Crippen molar-refractivity contribution >= 4 is 47.2 Å². The van der Waals surface area contributed by atoms with E-state index >= 15 is 0 Å². The number of rotatable bonds is 9. The Labute approximate surface area is 194 Å². The monoisotopic (exact) mass is 525 g/mol. The molecule has 0 atom stereocenters. The van der Waals surface area contributed by atoms with E-state index in [1.54, 1.807) is 0 Å². The van der Waals surface area contributed by atoms with Crippen molar-refractivity contribution in [2.75, 3.05) is 37.3 Å². The number of nitrogens with zero attached hydrogens (tertiary/aromatic N) is 3. The molecule has 33 heavy (non-hydrogen) atoms. The first-order valence-corrected chi connectivity index (χ1v) is 14.5. The third-order valence-corrected chi connectivity index (χ3v) is 9.92.